The van der Waals surface area contributed by atoms with Crippen LogP contribution in [-0.2, 0) is 14.3 Å². The van der Waals surface area contributed by atoms with Gasteiger partial charge in [-0.25, -0.2) is 4.79 Å². The molecule has 3 atom stereocenters. The summed E-state index contributed by atoms with van der Waals surface area (Å²) < 4.78 is 11.1. The van der Waals surface area contributed by atoms with Crippen LogP contribution in [0, 0.1) is 17.8 Å². The first-order chi connectivity index (χ1) is 11.9. The topological polar surface area (TPSA) is 55.8 Å². The van der Waals surface area contributed by atoms with E-state index in [2.05, 4.69) is 11.8 Å². The molecule has 0 aliphatic carbocycles. The maximum Gasteiger partial charge on any atom is 0.410 e. The van der Waals surface area contributed by atoms with Crippen molar-refractivity contribution in [2.45, 2.75) is 83.8 Å². The Morgan fingerprint density at radius 1 is 1.12 bits per heavy atom. The fourth-order valence-electron chi connectivity index (χ4n) is 2.99. The SMILES string of the molecule is CC#CC(C(=O)OC(C)(C)C)[C@@H](SC)C1CCCN1C(=O)OC(C)(C)C. The summed E-state index contributed by atoms with van der Waals surface area (Å²) in [7, 11) is 0. The maximum atomic E-state index is 12.7. The molecule has 1 aliphatic heterocycles. The third-order valence-electron chi connectivity index (χ3n) is 3.87. The zero-order valence-corrected chi connectivity index (χ0v) is 18.2. The van der Waals surface area contributed by atoms with E-state index in [1.807, 2.05) is 47.8 Å². The average Bonchev–Trinajstić information content (AvgIpc) is 2.93. The Labute approximate surface area is 162 Å². The van der Waals surface area contributed by atoms with E-state index in [4.69, 9.17) is 9.47 Å². The highest BCUT2D eigenvalue weighted by atomic mass is 32.2. The van der Waals surface area contributed by atoms with E-state index >= 15 is 0 Å². The van der Waals surface area contributed by atoms with E-state index in [1.54, 1.807) is 23.6 Å². The minimum Gasteiger partial charge on any atom is -0.459 e. The highest BCUT2D eigenvalue weighted by molar-refractivity contribution is 7.99. The second kappa shape index (κ2) is 9.03. The predicted molar refractivity (Wildman–Crippen MR) is 106 cm³/mol. The number of nitrogens with zero attached hydrogens (tertiary/aromatic N) is 1. The monoisotopic (exact) mass is 383 g/mol. The van der Waals surface area contributed by atoms with Crippen LogP contribution in [0.1, 0.15) is 61.3 Å². The molecule has 0 aromatic heterocycles. The van der Waals surface area contributed by atoms with Gasteiger partial charge in [0.05, 0.1) is 0 Å². The second-order valence-corrected chi connectivity index (χ2v) is 9.50. The molecule has 0 spiro atoms. The van der Waals surface area contributed by atoms with E-state index < -0.39 is 17.1 Å². The number of thioether (sulfide) groups is 1. The van der Waals surface area contributed by atoms with Crippen molar-refractivity contribution in [3.05, 3.63) is 0 Å². The van der Waals surface area contributed by atoms with Crippen LogP contribution in [0.2, 0.25) is 0 Å². The van der Waals surface area contributed by atoms with Gasteiger partial charge in [-0.3, -0.25) is 4.79 Å². The van der Waals surface area contributed by atoms with Crippen LogP contribution in [0.5, 0.6) is 0 Å². The van der Waals surface area contributed by atoms with Crippen LogP contribution in [0.15, 0.2) is 0 Å². The summed E-state index contributed by atoms with van der Waals surface area (Å²) >= 11 is 1.56. The Morgan fingerprint density at radius 3 is 2.15 bits per heavy atom. The molecule has 1 fully saturated rings. The van der Waals surface area contributed by atoms with Gasteiger partial charge in [-0.1, -0.05) is 5.92 Å². The van der Waals surface area contributed by atoms with Crippen LogP contribution in [0.3, 0.4) is 0 Å². The van der Waals surface area contributed by atoms with Crippen molar-refractivity contribution in [1.29, 1.82) is 0 Å². The highest BCUT2D eigenvalue weighted by Gasteiger charge is 2.43. The first-order valence-electron chi connectivity index (χ1n) is 9.07. The van der Waals surface area contributed by atoms with Gasteiger partial charge in [0.25, 0.3) is 0 Å². The van der Waals surface area contributed by atoms with Gasteiger partial charge in [0, 0.05) is 17.8 Å². The molecule has 26 heavy (non-hydrogen) atoms. The van der Waals surface area contributed by atoms with E-state index in [0.717, 1.165) is 12.8 Å². The largest absolute Gasteiger partial charge is 0.459 e. The summed E-state index contributed by atoms with van der Waals surface area (Å²) in [5.41, 5.74) is -1.12. The number of hydrogen-bond acceptors (Lipinski definition) is 5. The Hall–Kier alpha value is -1.35. The normalized spacial score (nSPS) is 20.0. The summed E-state index contributed by atoms with van der Waals surface area (Å²) in [6.45, 7) is 13.5. The molecule has 1 saturated heterocycles. The number of esters is 1. The molecule has 6 heteroatoms. The first-order valence-corrected chi connectivity index (χ1v) is 10.4. The van der Waals surface area contributed by atoms with Gasteiger partial charge in [0.15, 0.2) is 0 Å². The lowest BCUT2D eigenvalue weighted by molar-refractivity contribution is -0.158. The number of rotatable bonds is 4. The van der Waals surface area contributed by atoms with Crippen molar-refractivity contribution in [1.82, 2.24) is 4.90 Å². The number of carbonyl (C=O) groups is 2. The van der Waals surface area contributed by atoms with E-state index in [1.165, 1.54) is 0 Å². The summed E-state index contributed by atoms with van der Waals surface area (Å²) in [6, 6.07) is -0.0989. The summed E-state index contributed by atoms with van der Waals surface area (Å²) in [5.74, 6) is 4.96. The smallest absolute Gasteiger partial charge is 0.410 e. The molecule has 0 N–H and O–H groups in total. The molecule has 0 radical (unpaired) electrons. The molecule has 0 bridgehead atoms. The third kappa shape index (κ3) is 6.75. The van der Waals surface area contributed by atoms with E-state index in [-0.39, 0.29) is 23.4 Å². The molecule has 5 nitrogen and oxygen atoms in total. The maximum absolute atomic E-state index is 12.7. The number of carbonyl (C=O) groups excluding carboxylic acids is 2. The Balaban J connectivity index is 3.05. The molecule has 0 saturated carbocycles. The summed E-state index contributed by atoms with van der Waals surface area (Å²) in [5, 5.41) is -0.160. The van der Waals surface area contributed by atoms with Crippen molar-refractivity contribution in [2.24, 2.45) is 5.92 Å². The highest BCUT2D eigenvalue weighted by Crippen LogP contribution is 2.33. The third-order valence-corrected chi connectivity index (χ3v) is 5.00. The molecule has 2 unspecified atom stereocenters. The van der Waals surface area contributed by atoms with Gasteiger partial charge < -0.3 is 14.4 Å². The molecule has 0 aromatic rings. The number of hydrogen-bond donors (Lipinski definition) is 0. The second-order valence-electron chi connectivity index (χ2n) is 8.49. The lowest BCUT2D eigenvalue weighted by Crippen LogP contribution is -2.48. The fraction of sp³-hybridized carbons (Fsp3) is 0.800. The number of ether oxygens (including phenoxy) is 2. The minimum absolute atomic E-state index is 0.0989. The molecule has 1 aliphatic rings. The fourth-order valence-corrected chi connectivity index (χ4v) is 4.04. The zero-order valence-electron chi connectivity index (χ0n) is 17.3. The molecule has 1 amide bonds. The van der Waals surface area contributed by atoms with E-state index in [9.17, 15) is 9.59 Å². The Bertz CT molecular complexity index is 565. The molecule has 1 rings (SSSR count). The van der Waals surface area contributed by atoms with Gasteiger partial charge in [-0.2, -0.15) is 11.8 Å². The lowest BCUT2D eigenvalue weighted by Gasteiger charge is -2.34. The summed E-state index contributed by atoms with van der Waals surface area (Å²) in [6.07, 6.45) is 3.34. The standard InChI is InChI=1S/C20H33NO4S/c1-9-11-14(17(22)24-19(2,3)4)16(26-8)15-12-10-13-21(15)18(23)25-20(5,6)7/h14-16H,10,12-13H2,1-8H3/t14?,15?,16-/m1/s1. The van der Waals surface area contributed by atoms with Crippen molar-refractivity contribution in [3.8, 4) is 11.8 Å². The first kappa shape index (κ1) is 22.7. The molecule has 148 valence electrons. The van der Waals surface area contributed by atoms with Crippen molar-refractivity contribution >= 4 is 23.8 Å². The Morgan fingerprint density at radius 2 is 1.69 bits per heavy atom. The lowest BCUT2D eigenvalue weighted by atomic mass is 9.97. The quantitative estimate of drug-likeness (QED) is 0.540. The summed E-state index contributed by atoms with van der Waals surface area (Å²) in [4.78, 5) is 27.1. The van der Waals surface area contributed by atoms with Crippen LogP contribution in [0.4, 0.5) is 4.79 Å². The molecule has 1 heterocycles. The van der Waals surface area contributed by atoms with Gasteiger partial charge in [-0.05, 0) is 67.6 Å². The zero-order chi connectivity index (χ0) is 20.1. The van der Waals surface area contributed by atoms with Crippen molar-refractivity contribution in [2.75, 3.05) is 12.8 Å². The van der Waals surface area contributed by atoms with Crippen LogP contribution in [0.25, 0.3) is 0 Å². The van der Waals surface area contributed by atoms with Gasteiger partial charge in [0.2, 0.25) is 0 Å². The minimum atomic E-state index is -0.581. The van der Waals surface area contributed by atoms with Gasteiger partial charge in [0.1, 0.15) is 17.1 Å². The number of likely N-dealkylation sites (tertiary alicyclic amines) is 1. The Kier molecular flexibility index (Phi) is 7.88. The molecular weight excluding hydrogens is 350 g/mol. The van der Waals surface area contributed by atoms with Gasteiger partial charge in [-0.15, -0.1) is 5.92 Å². The van der Waals surface area contributed by atoms with Crippen molar-refractivity contribution in [3.63, 3.8) is 0 Å². The predicted octanol–water partition coefficient (Wildman–Crippen LogP) is 4.10. The molecule has 0 aromatic carbocycles. The average molecular weight is 384 g/mol. The van der Waals surface area contributed by atoms with E-state index in [0.29, 0.717) is 6.54 Å². The number of amides is 1. The van der Waals surface area contributed by atoms with Gasteiger partial charge >= 0.3 is 12.1 Å². The van der Waals surface area contributed by atoms with Crippen LogP contribution in [-0.4, -0.2) is 52.3 Å². The molecular formula is C20H33NO4S. The van der Waals surface area contributed by atoms with Crippen molar-refractivity contribution < 1.29 is 19.1 Å². The van der Waals surface area contributed by atoms with Crippen LogP contribution >= 0.6 is 11.8 Å². The van der Waals surface area contributed by atoms with Crippen LogP contribution < -0.4 is 0 Å².